The summed E-state index contributed by atoms with van der Waals surface area (Å²) < 4.78 is 0. The Hall–Kier alpha value is -4.02. The average molecular weight is 562 g/mol. The van der Waals surface area contributed by atoms with E-state index in [2.05, 4.69) is 18.7 Å². The Labute approximate surface area is 238 Å². The molecule has 0 saturated heterocycles. The number of carbonyl (C=O) groups is 4. The Morgan fingerprint density at radius 2 is 1.68 bits per heavy atom. The van der Waals surface area contributed by atoms with Gasteiger partial charge in [0.2, 0.25) is 11.7 Å². The van der Waals surface area contributed by atoms with Crippen molar-refractivity contribution < 1.29 is 34.5 Å². The Kier molecular flexibility index (Phi) is 7.03. The lowest BCUT2D eigenvalue weighted by atomic mass is 9.54. The van der Waals surface area contributed by atoms with Crippen molar-refractivity contribution in [1.29, 1.82) is 0 Å². The summed E-state index contributed by atoms with van der Waals surface area (Å²) in [5.74, 6) is -8.90. The van der Waals surface area contributed by atoms with Crippen LogP contribution in [0.3, 0.4) is 0 Å². The van der Waals surface area contributed by atoms with Gasteiger partial charge in [-0.3, -0.25) is 24.1 Å². The molecule has 10 nitrogen and oxygen atoms in total. The first kappa shape index (κ1) is 28.5. The van der Waals surface area contributed by atoms with Gasteiger partial charge in [0.1, 0.15) is 11.5 Å². The summed E-state index contributed by atoms with van der Waals surface area (Å²) >= 11 is 0. The van der Waals surface area contributed by atoms with Gasteiger partial charge in [-0.05, 0) is 70.0 Å². The van der Waals surface area contributed by atoms with Crippen molar-refractivity contribution in [3.8, 4) is 16.9 Å². The minimum Gasteiger partial charge on any atom is -0.507 e. The van der Waals surface area contributed by atoms with Crippen LogP contribution in [-0.4, -0.2) is 82.3 Å². The van der Waals surface area contributed by atoms with E-state index >= 15 is 0 Å². The van der Waals surface area contributed by atoms with E-state index in [4.69, 9.17) is 5.73 Å². The summed E-state index contributed by atoms with van der Waals surface area (Å²) in [5.41, 5.74) is 5.78. The van der Waals surface area contributed by atoms with Crippen molar-refractivity contribution in [2.45, 2.75) is 38.3 Å². The highest BCUT2D eigenvalue weighted by Crippen LogP contribution is 2.53. The number of hydrogen-bond acceptors (Lipinski definition) is 9. The number of anilines is 1. The SMILES string of the molecule is CCN(CC)c1ccccc1-c1ccc(O)c2c1C[C@H]1C[C@H]3[C@H](N(C)C)C(=O)C(C(N)=O)C(=O)[C@@]3(O)C(=O)C1=C2O. The molecule has 41 heavy (non-hydrogen) atoms. The number of para-hydroxylation sites is 1. The fourth-order valence-corrected chi connectivity index (χ4v) is 7.18. The Bertz CT molecular complexity index is 1510. The molecule has 5 N–H and O–H groups in total. The number of nitrogens with zero attached hydrogens (tertiary/aromatic N) is 2. The molecule has 2 aromatic rings. The first-order valence-electron chi connectivity index (χ1n) is 13.8. The minimum atomic E-state index is -2.73. The summed E-state index contributed by atoms with van der Waals surface area (Å²) in [6, 6.07) is 9.92. The zero-order chi connectivity index (χ0) is 30.0. The fourth-order valence-electron chi connectivity index (χ4n) is 7.18. The third kappa shape index (κ3) is 3.99. The molecule has 2 saturated carbocycles. The van der Waals surface area contributed by atoms with Crippen LogP contribution in [0.15, 0.2) is 42.0 Å². The Morgan fingerprint density at radius 3 is 2.29 bits per heavy atom. The van der Waals surface area contributed by atoms with Crippen molar-refractivity contribution in [1.82, 2.24) is 4.90 Å². The van der Waals surface area contributed by atoms with Gasteiger partial charge in [-0.25, -0.2) is 0 Å². The van der Waals surface area contributed by atoms with E-state index in [1.807, 2.05) is 24.3 Å². The molecule has 216 valence electrons. The Balaban J connectivity index is 1.72. The molecule has 1 unspecified atom stereocenters. The van der Waals surface area contributed by atoms with E-state index in [0.29, 0.717) is 5.56 Å². The number of nitrogens with two attached hydrogens (primary N) is 1. The third-order valence-corrected chi connectivity index (χ3v) is 9.04. The van der Waals surface area contributed by atoms with Crippen LogP contribution in [-0.2, 0) is 25.6 Å². The molecular weight excluding hydrogens is 526 g/mol. The van der Waals surface area contributed by atoms with Crippen LogP contribution in [0.4, 0.5) is 5.69 Å². The standard InChI is InChI=1S/C31H35N3O7/c1-5-34(6-2)20-10-8-7-9-17(20)16-11-12-21(35)23-18(16)13-15-14-19-25(33(3)4)27(37)24(30(32)40)29(39)31(19,41)28(38)22(15)26(23)36/h7-12,15,19,24-25,35-36,41H,5-6,13-14H2,1-4H3,(H2,32,40)/t15-,19-,24?,25-,31-/m0/s1. The second kappa shape index (κ2) is 10.1. The van der Waals surface area contributed by atoms with E-state index in [1.54, 1.807) is 20.2 Å². The number of Topliss-reactive ketones (excluding diaryl/α,β-unsaturated/α-hetero) is 3. The second-order valence-electron chi connectivity index (χ2n) is 11.3. The first-order chi connectivity index (χ1) is 19.4. The summed E-state index contributed by atoms with van der Waals surface area (Å²) in [7, 11) is 3.14. The van der Waals surface area contributed by atoms with Gasteiger partial charge < -0.3 is 26.0 Å². The highest BCUT2D eigenvalue weighted by Gasteiger charge is 2.67. The molecule has 0 spiro atoms. The average Bonchev–Trinajstić information content (AvgIpc) is 2.91. The molecule has 0 radical (unpaired) electrons. The number of ketones is 3. The van der Waals surface area contributed by atoms with E-state index in [9.17, 15) is 34.5 Å². The quantitative estimate of drug-likeness (QED) is 0.386. The number of phenols is 1. The number of aromatic hydroxyl groups is 1. The summed E-state index contributed by atoms with van der Waals surface area (Å²) in [4.78, 5) is 56.6. The summed E-state index contributed by atoms with van der Waals surface area (Å²) in [6.07, 6.45) is 0.227. The number of amides is 1. The summed E-state index contributed by atoms with van der Waals surface area (Å²) in [5, 5.41) is 34.2. The van der Waals surface area contributed by atoms with E-state index in [0.717, 1.165) is 29.9 Å². The largest absolute Gasteiger partial charge is 0.507 e. The zero-order valence-electron chi connectivity index (χ0n) is 23.5. The van der Waals surface area contributed by atoms with E-state index in [1.165, 1.54) is 11.0 Å². The molecule has 3 aliphatic carbocycles. The normalized spacial score (nSPS) is 27.4. The van der Waals surface area contributed by atoms with Crippen LogP contribution < -0.4 is 10.6 Å². The number of aliphatic hydroxyl groups excluding tert-OH is 1. The molecule has 0 aromatic heterocycles. The topological polar surface area (TPSA) is 161 Å². The van der Waals surface area contributed by atoms with Crippen molar-refractivity contribution in [2.75, 3.05) is 32.1 Å². The summed E-state index contributed by atoms with van der Waals surface area (Å²) in [6.45, 7) is 5.64. The predicted molar refractivity (Wildman–Crippen MR) is 152 cm³/mol. The molecule has 0 heterocycles. The first-order valence-corrected chi connectivity index (χ1v) is 13.8. The van der Waals surface area contributed by atoms with Crippen LogP contribution in [0.5, 0.6) is 5.75 Å². The monoisotopic (exact) mass is 561 g/mol. The van der Waals surface area contributed by atoms with Crippen molar-refractivity contribution in [3.63, 3.8) is 0 Å². The molecule has 2 fully saturated rings. The van der Waals surface area contributed by atoms with E-state index < -0.39 is 58.4 Å². The van der Waals surface area contributed by atoms with Gasteiger partial charge in [0.05, 0.1) is 11.6 Å². The van der Waals surface area contributed by atoms with Crippen LogP contribution in [0.1, 0.15) is 31.4 Å². The Morgan fingerprint density at radius 1 is 1.02 bits per heavy atom. The van der Waals surface area contributed by atoms with Gasteiger partial charge in [-0.1, -0.05) is 24.3 Å². The highest BCUT2D eigenvalue weighted by atomic mass is 16.3. The molecule has 10 heteroatoms. The van der Waals surface area contributed by atoms with Gasteiger partial charge in [-0.15, -0.1) is 0 Å². The van der Waals surface area contributed by atoms with Gasteiger partial charge in [0.15, 0.2) is 23.1 Å². The molecule has 5 rings (SSSR count). The number of aliphatic hydroxyl groups is 2. The lowest BCUT2D eigenvalue weighted by Crippen LogP contribution is -2.72. The maximum atomic E-state index is 14.0. The lowest BCUT2D eigenvalue weighted by molar-refractivity contribution is -0.175. The van der Waals surface area contributed by atoms with Crippen LogP contribution >= 0.6 is 0 Å². The molecule has 1 amide bonds. The molecule has 5 atom stereocenters. The number of rotatable bonds is 6. The predicted octanol–water partition coefficient (Wildman–Crippen LogP) is 1.85. The van der Waals surface area contributed by atoms with Crippen LogP contribution in [0, 0.1) is 17.8 Å². The maximum absolute atomic E-state index is 14.0. The van der Waals surface area contributed by atoms with E-state index in [-0.39, 0.29) is 29.7 Å². The fraction of sp³-hybridized carbons (Fsp3) is 0.419. The lowest BCUT2D eigenvalue weighted by Gasteiger charge is -2.51. The second-order valence-corrected chi connectivity index (χ2v) is 11.3. The number of hydrogen-bond donors (Lipinski definition) is 4. The third-order valence-electron chi connectivity index (χ3n) is 9.04. The van der Waals surface area contributed by atoms with Crippen molar-refractivity contribution >= 4 is 34.7 Å². The number of benzene rings is 2. The van der Waals surface area contributed by atoms with Gasteiger partial charge in [-0.2, -0.15) is 0 Å². The molecule has 0 bridgehead atoms. The highest BCUT2D eigenvalue weighted by molar-refractivity contribution is 6.32. The minimum absolute atomic E-state index is 0.0136. The number of carbonyl (C=O) groups excluding carboxylic acids is 4. The number of fused-ring (bicyclic) bond motifs is 3. The maximum Gasteiger partial charge on any atom is 0.235 e. The molecule has 3 aliphatic rings. The van der Waals surface area contributed by atoms with Crippen molar-refractivity contribution in [3.05, 3.63) is 53.1 Å². The number of phenolic OH excluding ortho intramolecular Hbond substituents is 1. The zero-order valence-corrected chi connectivity index (χ0v) is 23.5. The molecular formula is C31H35N3O7. The van der Waals surface area contributed by atoms with Gasteiger partial charge >= 0.3 is 0 Å². The van der Waals surface area contributed by atoms with Crippen LogP contribution in [0.25, 0.3) is 16.9 Å². The number of likely N-dealkylation sites (N-methyl/N-ethyl adjacent to an activating group) is 1. The smallest absolute Gasteiger partial charge is 0.235 e. The van der Waals surface area contributed by atoms with Crippen molar-refractivity contribution in [2.24, 2.45) is 23.5 Å². The molecule has 0 aliphatic heterocycles. The van der Waals surface area contributed by atoms with Gasteiger partial charge in [0, 0.05) is 35.8 Å². The van der Waals surface area contributed by atoms with Gasteiger partial charge in [0.25, 0.3) is 0 Å². The number of primary amides is 1. The van der Waals surface area contributed by atoms with Crippen LogP contribution in [0.2, 0.25) is 0 Å². The molecule has 2 aromatic carbocycles.